The largest absolute Gasteiger partial charge is 0.396 e. The number of aliphatic hydroxyl groups excluding tert-OH is 1. The first kappa shape index (κ1) is 28.3. The maximum atomic E-state index is 13.2. The Morgan fingerprint density at radius 2 is 1.90 bits per heavy atom. The summed E-state index contributed by atoms with van der Waals surface area (Å²) in [5.74, 6) is -0.0617. The van der Waals surface area contributed by atoms with E-state index in [0.717, 1.165) is 55.3 Å². The number of carbonyl (C=O) groups is 1. The van der Waals surface area contributed by atoms with Crippen LogP contribution in [-0.2, 0) is 0 Å². The third-order valence-electron chi connectivity index (χ3n) is 6.88. The third kappa shape index (κ3) is 7.22. The number of piperazine rings is 1. The Hall–Kier alpha value is -3.74. The lowest BCUT2D eigenvalue weighted by atomic mass is 10.0. The number of benzene rings is 2. The molecule has 5 N–H and O–H groups in total. The quantitative estimate of drug-likeness (QED) is 0.146. The molecule has 208 valence electrons. The Morgan fingerprint density at radius 1 is 1.18 bits per heavy atom. The number of thiazole rings is 1. The van der Waals surface area contributed by atoms with Crippen LogP contribution in [0.1, 0.15) is 35.0 Å². The molecule has 1 fully saturated rings. The molecule has 1 aromatic heterocycles. The van der Waals surface area contributed by atoms with E-state index in [1.807, 2.05) is 19.1 Å². The highest BCUT2D eigenvalue weighted by Gasteiger charge is 2.23. The molecule has 1 atom stereocenters. The maximum Gasteiger partial charge on any atom is 0.293 e. The number of nitrogen functional groups attached to an aromatic ring is 1. The van der Waals surface area contributed by atoms with Gasteiger partial charge in [0.25, 0.3) is 5.69 Å². The number of ketones is 1. The minimum absolute atomic E-state index is 0.0734. The minimum Gasteiger partial charge on any atom is -0.396 e. The molecule has 0 saturated carbocycles. The predicted molar refractivity (Wildman–Crippen MR) is 156 cm³/mol. The van der Waals surface area contributed by atoms with Crippen LogP contribution in [-0.4, -0.2) is 72.1 Å². The molecule has 2 aromatic carbocycles. The molecule has 0 radical (unpaired) electrons. The number of nitrogens with two attached hydrogens (primary N) is 1. The molecule has 0 spiro atoms. The lowest BCUT2D eigenvalue weighted by Crippen LogP contribution is -2.44. The first-order chi connectivity index (χ1) is 18.7. The van der Waals surface area contributed by atoms with Crippen LogP contribution < -0.4 is 21.3 Å². The van der Waals surface area contributed by atoms with Crippen molar-refractivity contribution in [1.82, 2.24) is 9.88 Å². The summed E-state index contributed by atoms with van der Waals surface area (Å²) in [4.78, 5) is 33.6. The first-order valence-corrected chi connectivity index (χ1v) is 13.8. The Morgan fingerprint density at radius 3 is 2.56 bits per heavy atom. The summed E-state index contributed by atoms with van der Waals surface area (Å²) in [5, 5.41) is 27.5. The van der Waals surface area contributed by atoms with Gasteiger partial charge in [-0.05, 0) is 62.2 Å². The van der Waals surface area contributed by atoms with Crippen molar-refractivity contribution in [1.29, 1.82) is 0 Å². The van der Waals surface area contributed by atoms with E-state index in [4.69, 9.17) is 10.8 Å². The van der Waals surface area contributed by atoms with Gasteiger partial charge in [-0.1, -0.05) is 18.3 Å². The van der Waals surface area contributed by atoms with Gasteiger partial charge in [0.15, 0.2) is 5.13 Å². The van der Waals surface area contributed by atoms with Crippen LogP contribution in [0.15, 0.2) is 42.5 Å². The van der Waals surface area contributed by atoms with Crippen LogP contribution in [0.5, 0.6) is 0 Å². The number of carbonyl (C=O) groups excluding carboxylic acids is 1. The molecule has 3 aromatic rings. The number of hydrogen-bond donors (Lipinski definition) is 4. The lowest BCUT2D eigenvalue weighted by Gasteiger charge is -2.34. The molecule has 2 heterocycles. The molecule has 0 aliphatic carbocycles. The fraction of sp³-hybridized carbons (Fsp3) is 0.407. The molecule has 0 amide bonds. The normalized spacial score (nSPS) is 14.7. The fourth-order valence-corrected chi connectivity index (χ4v) is 5.28. The van der Waals surface area contributed by atoms with E-state index in [1.165, 1.54) is 6.07 Å². The molecule has 39 heavy (non-hydrogen) atoms. The van der Waals surface area contributed by atoms with Gasteiger partial charge in [-0.2, -0.15) is 0 Å². The molecular formula is C27H35N7O4S. The number of aliphatic hydroxyl groups is 1. The molecule has 4 rings (SSSR count). The van der Waals surface area contributed by atoms with Gasteiger partial charge in [0.2, 0.25) is 5.78 Å². The molecule has 1 unspecified atom stereocenters. The van der Waals surface area contributed by atoms with Crippen molar-refractivity contribution in [3.63, 3.8) is 0 Å². The van der Waals surface area contributed by atoms with Crippen LogP contribution in [0.4, 0.5) is 33.7 Å². The van der Waals surface area contributed by atoms with Crippen LogP contribution in [0, 0.1) is 16.0 Å². The SMILES string of the molecule is CC(CCO)CCNc1ccc(C(=O)c2sc(Nc3ccc(N4CCN(C)CC4)cc3)nc2N)cc1[N+](=O)[O-]. The Bertz CT molecular complexity index is 1290. The van der Waals surface area contributed by atoms with Crippen molar-refractivity contribution < 1.29 is 14.8 Å². The third-order valence-corrected chi connectivity index (χ3v) is 7.86. The maximum absolute atomic E-state index is 13.2. The molecule has 1 saturated heterocycles. The predicted octanol–water partition coefficient (Wildman–Crippen LogP) is 4.18. The molecule has 1 aliphatic heterocycles. The van der Waals surface area contributed by atoms with Gasteiger partial charge < -0.3 is 31.3 Å². The summed E-state index contributed by atoms with van der Waals surface area (Å²) in [6.45, 7) is 6.67. The lowest BCUT2D eigenvalue weighted by molar-refractivity contribution is -0.384. The summed E-state index contributed by atoms with van der Waals surface area (Å²) >= 11 is 1.11. The van der Waals surface area contributed by atoms with Gasteiger partial charge in [0.1, 0.15) is 16.4 Å². The topological polar surface area (TPSA) is 150 Å². The Labute approximate surface area is 231 Å². The molecule has 12 heteroatoms. The van der Waals surface area contributed by atoms with Crippen LogP contribution >= 0.6 is 11.3 Å². The average Bonchev–Trinajstić information content (AvgIpc) is 3.29. The van der Waals surface area contributed by atoms with Crippen LogP contribution in [0.25, 0.3) is 0 Å². The van der Waals surface area contributed by atoms with Crippen molar-refractivity contribution in [2.75, 3.05) is 67.6 Å². The number of nitrogens with one attached hydrogen (secondary N) is 2. The molecular weight excluding hydrogens is 518 g/mol. The second kappa shape index (κ2) is 12.9. The number of nitrogens with zero attached hydrogens (tertiary/aromatic N) is 4. The van der Waals surface area contributed by atoms with E-state index in [9.17, 15) is 14.9 Å². The smallest absolute Gasteiger partial charge is 0.293 e. The van der Waals surface area contributed by atoms with Gasteiger partial charge in [-0.3, -0.25) is 14.9 Å². The summed E-state index contributed by atoms with van der Waals surface area (Å²) < 4.78 is 0. The van der Waals surface area contributed by atoms with Crippen molar-refractivity contribution in [3.8, 4) is 0 Å². The molecule has 1 aliphatic rings. The zero-order valence-electron chi connectivity index (χ0n) is 22.2. The number of rotatable bonds is 12. The number of anilines is 5. The summed E-state index contributed by atoms with van der Waals surface area (Å²) in [6, 6.07) is 12.4. The van der Waals surface area contributed by atoms with E-state index >= 15 is 0 Å². The van der Waals surface area contributed by atoms with E-state index in [0.29, 0.717) is 23.8 Å². The number of hydrogen-bond acceptors (Lipinski definition) is 11. The van der Waals surface area contributed by atoms with E-state index in [2.05, 4.69) is 44.6 Å². The van der Waals surface area contributed by atoms with E-state index in [1.54, 1.807) is 12.1 Å². The van der Waals surface area contributed by atoms with Gasteiger partial charge in [-0.15, -0.1) is 0 Å². The molecule has 0 bridgehead atoms. The fourth-order valence-electron chi connectivity index (χ4n) is 4.41. The first-order valence-electron chi connectivity index (χ1n) is 13.0. The summed E-state index contributed by atoms with van der Waals surface area (Å²) in [6.07, 6.45) is 1.43. The van der Waals surface area contributed by atoms with Crippen LogP contribution in [0.3, 0.4) is 0 Å². The van der Waals surface area contributed by atoms with Crippen molar-refractivity contribution in [2.45, 2.75) is 19.8 Å². The second-order valence-electron chi connectivity index (χ2n) is 9.85. The Kier molecular flexibility index (Phi) is 9.33. The van der Waals surface area contributed by atoms with Crippen molar-refractivity contribution in [2.24, 2.45) is 5.92 Å². The minimum atomic E-state index is -0.509. The highest BCUT2D eigenvalue weighted by Crippen LogP contribution is 2.33. The van der Waals surface area contributed by atoms with Gasteiger partial charge in [0, 0.05) is 62.3 Å². The highest BCUT2D eigenvalue weighted by molar-refractivity contribution is 7.18. The van der Waals surface area contributed by atoms with Crippen molar-refractivity contribution >= 4 is 50.8 Å². The zero-order valence-corrected chi connectivity index (χ0v) is 23.0. The van der Waals surface area contributed by atoms with E-state index in [-0.39, 0.29) is 34.5 Å². The standard InChI is InChI=1S/C27H35N7O4S/c1-18(10-16-35)9-11-29-22-8-3-19(17-23(22)34(37)38)24(36)25-26(28)31-27(39-25)30-20-4-6-21(7-5-20)33-14-12-32(2)13-15-33/h3-8,17-18,29,35H,9-16,28H2,1-2H3,(H,30,31). The van der Waals surface area contributed by atoms with Gasteiger partial charge in [-0.25, -0.2) is 4.98 Å². The number of aromatic nitrogens is 1. The van der Waals surface area contributed by atoms with Gasteiger partial charge >= 0.3 is 0 Å². The number of nitro groups is 1. The second-order valence-corrected chi connectivity index (χ2v) is 10.8. The summed E-state index contributed by atoms with van der Waals surface area (Å²) in [5.41, 5.74) is 8.37. The monoisotopic (exact) mass is 553 g/mol. The average molecular weight is 554 g/mol. The van der Waals surface area contributed by atoms with Crippen molar-refractivity contribution in [3.05, 3.63) is 63.0 Å². The van der Waals surface area contributed by atoms with E-state index < -0.39 is 10.7 Å². The number of likely N-dealkylation sites (N-methyl/N-ethyl adjacent to an activating group) is 1. The summed E-state index contributed by atoms with van der Waals surface area (Å²) in [7, 11) is 2.13. The van der Waals surface area contributed by atoms with Gasteiger partial charge in [0.05, 0.1) is 4.92 Å². The van der Waals surface area contributed by atoms with Crippen LogP contribution in [0.2, 0.25) is 0 Å². The zero-order chi connectivity index (χ0) is 27.9. The molecule has 11 nitrogen and oxygen atoms in total. The Balaban J connectivity index is 1.43. The highest BCUT2D eigenvalue weighted by atomic mass is 32.1. The number of nitro benzene ring substituents is 1.